The topological polar surface area (TPSA) is 87.5 Å². The van der Waals surface area contributed by atoms with Crippen molar-refractivity contribution in [2.24, 2.45) is 0 Å². The van der Waals surface area contributed by atoms with Crippen molar-refractivity contribution >= 4 is 46.7 Å². The van der Waals surface area contributed by atoms with Crippen molar-refractivity contribution in [2.75, 3.05) is 17.3 Å². The first-order chi connectivity index (χ1) is 14.5. The lowest BCUT2D eigenvalue weighted by atomic mass is 10.2. The van der Waals surface area contributed by atoms with Gasteiger partial charge in [-0.1, -0.05) is 29.3 Å². The Kier molecular flexibility index (Phi) is 6.14. The molecule has 2 aromatic carbocycles. The second kappa shape index (κ2) is 8.48. The molecule has 3 aromatic rings. The van der Waals surface area contributed by atoms with Crippen molar-refractivity contribution in [2.45, 2.75) is 6.18 Å². The number of aromatic nitrogens is 2. The molecule has 0 aliphatic carbocycles. The van der Waals surface area contributed by atoms with Crippen molar-refractivity contribution in [3.8, 4) is 5.69 Å². The lowest BCUT2D eigenvalue weighted by Crippen LogP contribution is -2.32. The molecule has 0 bridgehead atoms. The van der Waals surface area contributed by atoms with Gasteiger partial charge in [-0.3, -0.25) is 4.90 Å². The molecule has 0 spiro atoms. The molecule has 1 heterocycles. The van der Waals surface area contributed by atoms with Crippen molar-refractivity contribution in [3.63, 3.8) is 0 Å². The Balaban J connectivity index is 1.95. The van der Waals surface area contributed by atoms with Gasteiger partial charge in [-0.2, -0.15) is 18.3 Å². The van der Waals surface area contributed by atoms with Crippen LogP contribution in [0.2, 0.25) is 10.0 Å². The summed E-state index contributed by atoms with van der Waals surface area (Å²) in [5.74, 6) is -1.43. The summed E-state index contributed by atoms with van der Waals surface area (Å²) in [6, 6.07) is 9.58. The molecular formula is C19H13Cl2F3N4O3. The summed E-state index contributed by atoms with van der Waals surface area (Å²) in [6.45, 7) is 0. The van der Waals surface area contributed by atoms with Gasteiger partial charge in [-0.05, 0) is 36.4 Å². The Morgan fingerprint density at radius 3 is 2.42 bits per heavy atom. The number of aromatic carboxylic acids is 1. The summed E-state index contributed by atoms with van der Waals surface area (Å²) in [7, 11) is 1.25. The van der Waals surface area contributed by atoms with Gasteiger partial charge in [-0.25, -0.2) is 14.3 Å². The van der Waals surface area contributed by atoms with Gasteiger partial charge in [0.15, 0.2) is 5.69 Å². The smallest absolute Gasteiger partial charge is 0.435 e. The molecule has 7 nitrogen and oxygen atoms in total. The molecular weight excluding hydrogens is 460 g/mol. The first kappa shape index (κ1) is 22.4. The van der Waals surface area contributed by atoms with E-state index in [1.165, 1.54) is 43.4 Å². The Morgan fingerprint density at radius 1 is 1.13 bits per heavy atom. The van der Waals surface area contributed by atoms with Gasteiger partial charge in [0, 0.05) is 23.8 Å². The average Bonchev–Trinajstić information content (AvgIpc) is 3.13. The predicted octanol–water partition coefficient (Wildman–Crippen LogP) is 5.56. The van der Waals surface area contributed by atoms with Crippen molar-refractivity contribution in [3.05, 3.63) is 69.8 Å². The highest BCUT2D eigenvalue weighted by Gasteiger charge is 2.36. The zero-order valence-electron chi connectivity index (χ0n) is 15.6. The van der Waals surface area contributed by atoms with E-state index in [1.54, 1.807) is 6.07 Å². The quantitative estimate of drug-likeness (QED) is 0.519. The second-order valence-electron chi connectivity index (χ2n) is 6.27. The largest absolute Gasteiger partial charge is 0.478 e. The number of carboxylic acids is 1. The summed E-state index contributed by atoms with van der Waals surface area (Å²) in [5.41, 5.74) is -0.999. The van der Waals surface area contributed by atoms with Crippen LogP contribution >= 0.6 is 23.2 Å². The van der Waals surface area contributed by atoms with E-state index in [2.05, 4.69) is 10.4 Å². The fourth-order valence-electron chi connectivity index (χ4n) is 2.62. The van der Waals surface area contributed by atoms with E-state index in [1.807, 2.05) is 0 Å². The summed E-state index contributed by atoms with van der Waals surface area (Å²) >= 11 is 11.8. The first-order valence-corrected chi connectivity index (χ1v) is 9.23. The van der Waals surface area contributed by atoms with Crippen molar-refractivity contribution in [1.82, 2.24) is 9.78 Å². The van der Waals surface area contributed by atoms with Gasteiger partial charge in [0.25, 0.3) is 0 Å². The van der Waals surface area contributed by atoms with Gasteiger partial charge in [0.2, 0.25) is 0 Å². The van der Waals surface area contributed by atoms with Crippen LogP contribution in [-0.2, 0) is 6.18 Å². The molecule has 0 atom stereocenters. The number of carbonyl (C=O) groups is 2. The number of nitrogens with zero attached hydrogens (tertiary/aromatic N) is 3. The first-order valence-electron chi connectivity index (χ1n) is 8.48. The molecule has 0 radical (unpaired) electrons. The van der Waals surface area contributed by atoms with Crippen LogP contribution < -0.4 is 10.2 Å². The highest BCUT2D eigenvalue weighted by Crippen LogP contribution is 2.33. The number of hydrogen-bond donors (Lipinski definition) is 2. The van der Waals surface area contributed by atoms with E-state index < -0.39 is 23.9 Å². The number of alkyl halides is 3. The summed E-state index contributed by atoms with van der Waals surface area (Å²) < 4.78 is 40.7. The van der Waals surface area contributed by atoms with Gasteiger partial charge in [-0.15, -0.1) is 0 Å². The molecule has 3 rings (SSSR count). The molecule has 0 unspecified atom stereocenters. The number of benzene rings is 2. The van der Waals surface area contributed by atoms with E-state index >= 15 is 0 Å². The maximum Gasteiger partial charge on any atom is 0.435 e. The number of halogens is 5. The number of nitrogens with one attached hydrogen (secondary N) is 1. The molecule has 1 aromatic heterocycles. The van der Waals surface area contributed by atoms with Crippen LogP contribution in [-0.4, -0.2) is 33.9 Å². The Morgan fingerprint density at radius 2 is 1.84 bits per heavy atom. The number of carboxylic acid groups (broad SMARTS) is 1. The maximum atomic E-state index is 13.3. The number of carbonyl (C=O) groups excluding carboxylic acids is 1. The molecule has 0 aliphatic rings. The molecule has 31 heavy (non-hydrogen) atoms. The third kappa shape index (κ3) is 4.92. The second-order valence-corrected chi connectivity index (χ2v) is 7.11. The lowest BCUT2D eigenvalue weighted by molar-refractivity contribution is -0.141. The highest BCUT2D eigenvalue weighted by molar-refractivity contribution is 6.33. The lowest BCUT2D eigenvalue weighted by Gasteiger charge is -2.19. The number of urea groups is 1. The zero-order valence-corrected chi connectivity index (χ0v) is 17.1. The average molecular weight is 473 g/mol. The van der Waals surface area contributed by atoms with Crippen molar-refractivity contribution < 1.29 is 27.9 Å². The Hall–Kier alpha value is -3.24. The number of hydrogen-bond acceptors (Lipinski definition) is 3. The van der Waals surface area contributed by atoms with E-state index in [4.69, 9.17) is 28.3 Å². The van der Waals surface area contributed by atoms with Crippen LogP contribution in [0.25, 0.3) is 5.69 Å². The zero-order chi connectivity index (χ0) is 22.9. The van der Waals surface area contributed by atoms with Gasteiger partial charge in [0.1, 0.15) is 5.82 Å². The minimum atomic E-state index is -4.74. The molecule has 2 N–H and O–H groups in total. The Bertz CT molecular complexity index is 1160. The number of rotatable bonds is 4. The molecule has 0 fully saturated rings. The van der Waals surface area contributed by atoms with E-state index in [-0.39, 0.29) is 32.8 Å². The summed E-state index contributed by atoms with van der Waals surface area (Å²) in [5, 5.41) is 15.2. The van der Waals surface area contributed by atoms with Crippen molar-refractivity contribution in [1.29, 1.82) is 0 Å². The van der Waals surface area contributed by atoms with Crippen LogP contribution in [0.4, 0.5) is 29.5 Å². The van der Waals surface area contributed by atoms with Crippen LogP contribution in [0.5, 0.6) is 0 Å². The predicted molar refractivity (Wildman–Crippen MR) is 109 cm³/mol. The maximum absolute atomic E-state index is 13.3. The minimum Gasteiger partial charge on any atom is -0.478 e. The molecule has 0 saturated carbocycles. The highest BCUT2D eigenvalue weighted by atomic mass is 35.5. The van der Waals surface area contributed by atoms with Crippen LogP contribution in [0, 0.1) is 0 Å². The van der Waals surface area contributed by atoms with Gasteiger partial charge < -0.3 is 10.4 Å². The molecule has 2 amide bonds. The summed E-state index contributed by atoms with van der Waals surface area (Å²) in [4.78, 5) is 24.6. The van der Waals surface area contributed by atoms with Gasteiger partial charge in [0.05, 0.1) is 16.3 Å². The summed E-state index contributed by atoms with van der Waals surface area (Å²) in [6.07, 6.45) is -4.74. The van der Waals surface area contributed by atoms with Crippen LogP contribution in [0.1, 0.15) is 16.1 Å². The normalized spacial score (nSPS) is 11.3. The van der Waals surface area contributed by atoms with E-state index in [0.717, 1.165) is 15.6 Å². The van der Waals surface area contributed by atoms with Crippen LogP contribution in [0.3, 0.4) is 0 Å². The van der Waals surface area contributed by atoms with E-state index in [9.17, 15) is 22.8 Å². The molecule has 0 saturated heterocycles. The third-order valence-corrected chi connectivity index (χ3v) is 4.68. The minimum absolute atomic E-state index is 0.115. The fraction of sp³-hybridized carbons (Fsp3) is 0.105. The Labute approximate surface area is 183 Å². The number of anilines is 2. The standard InChI is InChI=1S/C19H13Cl2F3N4O3/c1-27(18(31)25-11-5-6-13(17(29)30)14(21)8-11)16-9-15(19(22,23)24)26-28(16)12-4-2-3-10(20)7-12/h2-9H,1H3,(H,25,31)(H,29,30). The molecule has 0 aliphatic heterocycles. The number of amides is 2. The molecule has 12 heteroatoms. The monoisotopic (exact) mass is 472 g/mol. The fourth-order valence-corrected chi connectivity index (χ4v) is 3.07. The van der Waals surface area contributed by atoms with Gasteiger partial charge >= 0.3 is 18.2 Å². The molecule has 162 valence electrons. The third-order valence-electron chi connectivity index (χ3n) is 4.13. The van der Waals surface area contributed by atoms with Crippen LogP contribution in [0.15, 0.2) is 48.5 Å². The van der Waals surface area contributed by atoms with E-state index in [0.29, 0.717) is 0 Å². The SMILES string of the molecule is CN(C(=O)Nc1ccc(C(=O)O)c(Cl)c1)c1cc(C(F)(F)F)nn1-c1cccc(Cl)c1.